The molecule has 8 aromatic heterocycles. The van der Waals surface area contributed by atoms with Crippen LogP contribution in [-0.2, 0) is 6.42 Å². The fourth-order valence-corrected chi connectivity index (χ4v) is 21.1. The van der Waals surface area contributed by atoms with Crippen molar-refractivity contribution in [2.24, 2.45) is 28.3 Å². The minimum absolute atomic E-state index is 0.00196. The maximum atomic E-state index is 13.3. The first-order valence-electron chi connectivity index (χ1n) is 42.3. The zero-order valence-electron chi connectivity index (χ0n) is 71.5. The molecule has 27 nitrogen and oxygen atoms in total. The second-order valence-corrected chi connectivity index (χ2v) is 37.1. The van der Waals surface area contributed by atoms with Crippen molar-refractivity contribution in [3.05, 3.63) is 302 Å². The number of hydrogen-bond donors (Lipinski definition) is 4. The van der Waals surface area contributed by atoms with Crippen LogP contribution in [-0.4, -0.2) is 127 Å². The van der Waals surface area contributed by atoms with Crippen molar-refractivity contribution in [3.8, 4) is 40.0 Å². The van der Waals surface area contributed by atoms with Crippen molar-refractivity contribution in [2.75, 3.05) is 72.0 Å². The average Bonchev–Trinajstić information content (AvgIpc) is 1.68. The number of anilines is 4. The highest BCUT2D eigenvalue weighted by Gasteiger charge is 2.53. The Hall–Kier alpha value is -10.2. The lowest BCUT2D eigenvalue weighted by Gasteiger charge is -2.42. The zero-order valence-corrected chi connectivity index (χ0v) is 77.6. The maximum absolute atomic E-state index is 13.3. The quantitative estimate of drug-likeness (QED) is 0.110. The Labute approximate surface area is 778 Å². The molecular formula is C93H94Cl8N20O7. The molecule has 4 saturated heterocycles. The Morgan fingerprint density at radius 3 is 0.852 bits per heavy atom. The Bertz CT molecular complexity index is 5850. The molecule has 7 aliphatic heterocycles. The number of nitrogens with zero attached hydrogens (tertiary/aromatic N) is 16. The van der Waals surface area contributed by atoms with Crippen molar-refractivity contribution in [2.45, 2.75) is 154 Å². The van der Waals surface area contributed by atoms with E-state index in [0.717, 1.165) is 116 Å². The lowest BCUT2D eigenvalue weighted by atomic mass is 9.73. The van der Waals surface area contributed by atoms with Gasteiger partial charge in [-0.3, -0.25) is 57.4 Å². The van der Waals surface area contributed by atoms with Gasteiger partial charge in [-0.05, 0) is 158 Å². The molecule has 12 aromatic rings. The molecule has 4 fully saturated rings. The van der Waals surface area contributed by atoms with Crippen LogP contribution in [0.1, 0.15) is 149 Å². The van der Waals surface area contributed by atoms with E-state index in [4.69, 9.17) is 150 Å². The summed E-state index contributed by atoms with van der Waals surface area (Å²) in [6.45, 7) is 20.1. The third kappa shape index (κ3) is 15.9. The first-order chi connectivity index (χ1) is 61.3. The van der Waals surface area contributed by atoms with Crippen molar-refractivity contribution in [3.63, 3.8) is 0 Å². The number of benzene rings is 4. The Kier molecular flexibility index (Phi) is 24.9. The Morgan fingerprint density at radius 1 is 0.328 bits per heavy atom. The highest BCUT2D eigenvalue weighted by atomic mass is 35.5. The normalized spacial score (nSPS) is 19.2. The van der Waals surface area contributed by atoms with Gasteiger partial charge >= 0.3 is 0 Å². The molecule has 0 radical (unpaired) electrons. The summed E-state index contributed by atoms with van der Waals surface area (Å²) < 4.78 is 24.9. The maximum Gasteiger partial charge on any atom is 0.263 e. The number of rotatable bonds is 8. The second kappa shape index (κ2) is 35.6. The fourth-order valence-electron chi connectivity index (χ4n) is 19.5. The number of ether oxygens (including phenoxy) is 3. The number of aromatic nitrogens is 12. The van der Waals surface area contributed by atoms with E-state index in [1.165, 1.54) is 23.8 Å². The number of piperidine rings is 4. The van der Waals surface area contributed by atoms with Crippen LogP contribution >= 0.6 is 92.8 Å². The summed E-state index contributed by atoms with van der Waals surface area (Å²) in [7, 11) is 0. The lowest BCUT2D eigenvalue weighted by Crippen LogP contribution is -2.52. The van der Waals surface area contributed by atoms with E-state index in [9.17, 15) is 19.2 Å². The summed E-state index contributed by atoms with van der Waals surface area (Å²) in [6.07, 6.45) is 19.4. The van der Waals surface area contributed by atoms with Crippen LogP contribution in [0.2, 0.25) is 40.2 Å². The lowest BCUT2D eigenvalue weighted by molar-refractivity contribution is 0.0427. The highest BCUT2D eigenvalue weighted by Crippen LogP contribution is 2.53. The van der Waals surface area contributed by atoms with E-state index in [1.807, 2.05) is 44.3 Å². The summed E-state index contributed by atoms with van der Waals surface area (Å²) in [5.41, 5.74) is 34.1. The van der Waals surface area contributed by atoms with Crippen LogP contribution in [0.5, 0.6) is 17.2 Å². The summed E-state index contributed by atoms with van der Waals surface area (Å²) >= 11 is 50.2. The molecule has 20 rings (SSSR count). The van der Waals surface area contributed by atoms with Crippen LogP contribution in [0.25, 0.3) is 22.7 Å². The van der Waals surface area contributed by atoms with Crippen LogP contribution in [0.3, 0.4) is 0 Å². The molecular weight excluding hydrogens is 1790 g/mol. The van der Waals surface area contributed by atoms with Gasteiger partial charge < -0.3 is 56.7 Å². The molecule has 4 atom stereocenters. The summed E-state index contributed by atoms with van der Waals surface area (Å²) in [6, 6.07) is 30.2. The van der Waals surface area contributed by atoms with Crippen LogP contribution in [0, 0.1) is 60.8 Å². The van der Waals surface area contributed by atoms with Crippen LogP contribution < -0.4 is 79.0 Å². The van der Waals surface area contributed by atoms with Gasteiger partial charge in [0.25, 0.3) is 22.2 Å². The van der Waals surface area contributed by atoms with E-state index in [1.54, 1.807) is 152 Å². The van der Waals surface area contributed by atoms with Crippen LogP contribution in [0.4, 0.5) is 23.3 Å². The monoisotopic (exact) mass is 1880 g/mol. The van der Waals surface area contributed by atoms with E-state index < -0.39 is 16.8 Å². The van der Waals surface area contributed by atoms with Gasteiger partial charge in [0.2, 0.25) is 0 Å². The van der Waals surface area contributed by atoms with Gasteiger partial charge in [-0.15, -0.1) is 0 Å². The molecule has 128 heavy (non-hydrogen) atoms. The van der Waals surface area contributed by atoms with E-state index in [-0.39, 0.29) is 51.8 Å². The smallest absolute Gasteiger partial charge is 0.263 e. The van der Waals surface area contributed by atoms with Crippen molar-refractivity contribution in [1.82, 2.24) is 58.1 Å². The van der Waals surface area contributed by atoms with Gasteiger partial charge in [-0.2, -0.15) is 0 Å². The fraction of sp³-hybridized carbons (Fsp3) is 0.355. The molecule has 4 spiro atoms. The van der Waals surface area contributed by atoms with Gasteiger partial charge in [0.15, 0.2) is 0 Å². The first kappa shape index (κ1) is 89.7. The topological polar surface area (TPSA) is 336 Å². The third-order valence-corrected chi connectivity index (χ3v) is 30.0. The van der Waals surface area contributed by atoms with Crippen molar-refractivity contribution in [1.29, 1.82) is 0 Å². The average molecular weight is 1890 g/mol. The van der Waals surface area contributed by atoms with Gasteiger partial charge in [-0.25, -0.2) is 19.9 Å². The summed E-state index contributed by atoms with van der Waals surface area (Å²) in [5.74, 6) is 7.30. The molecule has 35 heteroatoms. The summed E-state index contributed by atoms with van der Waals surface area (Å²) in [4.78, 5) is 98.1. The molecule has 0 amide bonds. The molecule has 0 bridgehead atoms. The predicted octanol–water partition coefficient (Wildman–Crippen LogP) is 16.3. The molecule has 1 aliphatic carbocycles. The van der Waals surface area contributed by atoms with E-state index >= 15 is 0 Å². The molecule has 8 N–H and O–H groups in total. The number of fused-ring (bicyclic) bond motifs is 4. The Morgan fingerprint density at radius 2 is 0.594 bits per heavy atom. The van der Waals surface area contributed by atoms with Crippen LogP contribution in [0.15, 0.2) is 166 Å². The molecule has 0 unspecified atom stereocenters. The number of aryl methyl sites for hydroxylation is 4. The SMILES string of the molecule is Cc1c(N2CCC3(CC2)Cc2ncccc2[C@H]3N)nc(C)n(-c2cccc(Cl)c2Cl)c1=O.Cc1c(N2CCC3(CC2)Oc2cnccc2[C@@H]3N)nc(C)n(-c2cccc(Cl)c2Cl)c1=O.Cc1c(N2CCC3(CC2)Oc2cnccc2[C@H]3N)nc(C)n(-c2cccc(Cl)c2Cl)c1=O.Cc1c(N2CCC3(CC2)Oc2cnccc2[C@H]3N)nc(C)n(-c2cccc(Cl)c2Cl)c1=O. The van der Waals surface area contributed by atoms with Gasteiger partial charge in [0.05, 0.1) is 122 Å². The van der Waals surface area contributed by atoms with Crippen molar-refractivity contribution < 1.29 is 14.2 Å². The number of nitrogens with two attached hydrogens (primary N) is 4. The molecule has 0 saturated carbocycles. The Balaban J connectivity index is 0.000000120. The molecule has 4 aromatic carbocycles. The summed E-state index contributed by atoms with van der Waals surface area (Å²) in [5, 5.41) is 2.91. The van der Waals surface area contributed by atoms with Gasteiger partial charge in [0, 0.05) is 144 Å². The van der Waals surface area contributed by atoms with Gasteiger partial charge in [0.1, 0.15) is 80.6 Å². The number of hydrogen-bond acceptors (Lipinski definition) is 23. The zero-order chi connectivity index (χ0) is 90.5. The number of pyridine rings is 4. The predicted molar refractivity (Wildman–Crippen MR) is 504 cm³/mol. The standard InChI is InChI=1S/C24H25Cl2N5O.3C23H23Cl2N5O2/c1-14-22(29-15(2)31(23(14)32)19-7-3-6-17(25)20(19)26)30-11-8-24(9-12-30)13-18-16(21(24)27)5-4-10-28-18;3*1-13-21(28-14(2)30(22(13)31)17-5-3-4-16(24)19(17)25)29-10-7-23(8-11-29)20(26)15-6-9-27-12-18(15)32-23/h3-7,10,21H,8-9,11-13,27H2,1-2H3;3*3-6,9,12,20H,7-8,10-11,26H2,1-2H3/t21-;3*20-/m1110/s1. The minimum atomic E-state index is -0.450. The van der Waals surface area contributed by atoms with E-state index in [2.05, 4.69) is 45.6 Å². The van der Waals surface area contributed by atoms with Crippen molar-refractivity contribution >= 4 is 116 Å². The second-order valence-electron chi connectivity index (χ2n) is 34.0. The molecule has 15 heterocycles. The largest absolute Gasteiger partial charge is 0.483 e. The third-order valence-electron chi connectivity index (χ3n) is 26.8. The number of halogens is 8. The molecule has 8 aliphatic rings. The highest BCUT2D eigenvalue weighted by molar-refractivity contribution is 6.44. The first-order valence-corrected chi connectivity index (χ1v) is 45.3. The van der Waals surface area contributed by atoms with E-state index in [0.29, 0.717) is 165 Å². The minimum Gasteiger partial charge on any atom is -0.483 e. The molecule has 664 valence electrons. The van der Waals surface area contributed by atoms with Gasteiger partial charge in [-0.1, -0.05) is 123 Å².